The van der Waals surface area contributed by atoms with Crippen molar-refractivity contribution in [1.29, 1.82) is 0 Å². The van der Waals surface area contributed by atoms with E-state index in [1.54, 1.807) is 6.07 Å². The van der Waals surface area contributed by atoms with Gasteiger partial charge in [-0.15, -0.1) is 0 Å². The molecule has 3 rings (SSSR count). The lowest BCUT2D eigenvalue weighted by atomic mass is 10.1. The van der Waals surface area contributed by atoms with E-state index in [9.17, 15) is 20.1 Å². The molecule has 7 nitrogen and oxygen atoms in total. The maximum atomic E-state index is 12.3. The summed E-state index contributed by atoms with van der Waals surface area (Å²) in [5.74, 6) is 3.35. The number of phenols is 3. The number of hydrogen-bond acceptors (Lipinski definition) is 6. The number of phenolic OH excluding ortho intramolecular Hbond substituents is 3. The molecule has 28 heavy (non-hydrogen) atoms. The van der Waals surface area contributed by atoms with Gasteiger partial charge in [0.1, 0.15) is 26.1 Å². The van der Waals surface area contributed by atoms with Crippen LogP contribution in [0.5, 0.6) is 17.2 Å². The number of aromatic hydroxyl groups is 3. The molecule has 1 amide bonds. The Bertz CT molecular complexity index is 1080. The van der Waals surface area contributed by atoms with Crippen LogP contribution in [0.3, 0.4) is 0 Å². The molecule has 0 aromatic heterocycles. The van der Waals surface area contributed by atoms with Gasteiger partial charge in [-0.25, -0.2) is 5.84 Å². The van der Waals surface area contributed by atoms with E-state index in [-0.39, 0.29) is 26.0 Å². The number of hydrazine groups is 1. The Morgan fingerprint density at radius 3 is 2.18 bits per heavy atom. The normalized spacial score (nSPS) is 11.5. The highest BCUT2D eigenvalue weighted by Crippen LogP contribution is 2.48. The first-order chi connectivity index (χ1) is 13.3. The molecule has 3 aromatic carbocycles. The summed E-state index contributed by atoms with van der Waals surface area (Å²) < 4.78 is -0.0813. The fourth-order valence-corrected chi connectivity index (χ4v) is 3.76. The molecule has 0 saturated heterocycles. The van der Waals surface area contributed by atoms with Crippen molar-refractivity contribution >= 4 is 60.3 Å². The van der Waals surface area contributed by atoms with Gasteiger partial charge in [-0.3, -0.25) is 10.2 Å². The molecule has 0 heterocycles. The number of nitrogens with two attached hydrogens (primary N) is 1. The summed E-state index contributed by atoms with van der Waals surface area (Å²) in [5.41, 5.74) is 2.53. The quantitative estimate of drug-likeness (QED) is 0.137. The first kappa shape index (κ1) is 20.0. The Morgan fingerprint density at radius 2 is 1.54 bits per heavy atom. The number of carbonyl (C=O) groups is 1. The number of anilines is 1. The predicted octanol–water partition coefficient (Wildman–Crippen LogP) is 3.92. The zero-order chi connectivity index (χ0) is 20.4. The van der Waals surface area contributed by atoms with Gasteiger partial charge in [0.2, 0.25) is 0 Å². The fourth-order valence-electron chi connectivity index (χ4n) is 2.67. The molecule has 0 aliphatic heterocycles. The second kappa shape index (κ2) is 8.09. The number of amides is 1. The van der Waals surface area contributed by atoms with Crippen LogP contribution in [0.1, 0.15) is 5.56 Å². The Morgan fingerprint density at radius 1 is 0.929 bits per heavy atom. The second-order valence-corrected chi connectivity index (χ2v) is 7.36. The number of benzene rings is 3. The van der Waals surface area contributed by atoms with Crippen molar-refractivity contribution in [1.82, 2.24) is 5.43 Å². The molecule has 0 unspecified atom stereocenters. The summed E-state index contributed by atoms with van der Waals surface area (Å²) in [6, 6.07) is 13.1. The van der Waals surface area contributed by atoms with Crippen LogP contribution in [0.25, 0.3) is 16.8 Å². The minimum atomic E-state index is -0.674. The average molecular weight is 509 g/mol. The predicted molar refractivity (Wildman–Crippen MR) is 115 cm³/mol. The van der Waals surface area contributed by atoms with E-state index >= 15 is 0 Å². The first-order valence-electron chi connectivity index (χ1n) is 7.94. The molecule has 0 atom stereocenters. The molecular formula is C19H15Br2N3O4. The van der Waals surface area contributed by atoms with Crippen LogP contribution in [0.2, 0.25) is 0 Å². The third kappa shape index (κ3) is 3.64. The Balaban J connectivity index is 2.16. The highest BCUT2D eigenvalue weighted by atomic mass is 79.9. The summed E-state index contributed by atoms with van der Waals surface area (Å²) in [7, 11) is 0. The summed E-state index contributed by atoms with van der Waals surface area (Å²) in [6.45, 7) is 0. The van der Waals surface area contributed by atoms with E-state index in [4.69, 9.17) is 5.84 Å². The van der Waals surface area contributed by atoms with Crippen molar-refractivity contribution in [2.45, 2.75) is 0 Å². The van der Waals surface area contributed by atoms with Crippen molar-refractivity contribution in [2.75, 3.05) is 5.32 Å². The lowest BCUT2D eigenvalue weighted by Gasteiger charge is -2.14. The van der Waals surface area contributed by atoms with Crippen LogP contribution < -0.4 is 16.6 Å². The van der Waals surface area contributed by atoms with Gasteiger partial charge in [0, 0.05) is 11.1 Å². The van der Waals surface area contributed by atoms with E-state index in [2.05, 4.69) is 37.2 Å². The van der Waals surface area contributed by atoms with Crippen LogP contribution in [0.15, 0.2) is 57.1 Å². The van der Waals surface area contributed by atoms with Gasteiger partial charge in [-0.2, -0.15) is 0 Å². The van der Waals surface area contributed by atoms with Gasteiger partial charge in [0.05, 0.1) is 5.56 Å². The van der Waals surface area contributed by atoms with Crippen LogP contribution in [-0.2, 0) is 4.79 Å². The summed E-state index contributed by atoms with van der Waals surface area (Å²) >= 11 is 6.08. The van der Waals surface area contributed by atoms with Crippen molar-refractivity contribution in [2.24, 2.45) is 5.84 Å². The molecule has 0 aliphatic carbocycles. The van der Waals surface area contributed by atoms with E-state index in [0.717, 1.165) is 10.8 Å². The van der Waals surface area contributed by atoms with Gasteiger partial charge < -0.3 is 20.6 Å². The van der Waals surface area contributed by atoms with E-state index in [1.165, 1.54) is 6.08 Å². The number of nitrogens with one attached hydrogen (secondary N) is 2. The highest BCUT2D eigenvalue weighted by molar-refractivity contribution is 9.11. The molecule has 3 aromatic rings. The monoisotopic (exact) mass is 507 g/mol. The molecule has 0 saturated carbocycles. The molecule has 0 bridgehead atoms. The smallest absolute Gasteiger partial charge is 0.281 e. The van der Waals surface area contributed by atoms with Crippen molar-refractivity contribution < 1.29 is 20.1 Å². The molecule has 0 aliphatic rings. The SMILES string of the molecule is NNC(=O)C(=Cc1c(O)c(Br)c(O)c(Br)c1O)Nc1cccc2ccccc12. The Labute approximate surface area is 176 Å². The van der Waals surface area contributed by atoms with Gasteiger partial charge in [0.15, 0.2) is 5.75 Å². The largest absolute Gasteiger partial charge is 0.506 e. The summed E-state index contributed by atoms with van der Waals surface area (Å²) in [5, 5.41) is 35.3. The van der Waals surface area contributed by atoms with Crippen LogP contribution in [0.4, 0.5) is 5.69 Å². The molecular weight excluding hydrogens is 494 g/mol. The molecule has 9 heteroatoms. The van der Waals surface area contributed by atoms with Crippen molar-refractivity contribution in [3.05, 3.63) is 62.7 Å². The molecule has 0 radical (unpaired) electrons. The number of fused-ring (bicyclic) bond motifs is 1. The minimum absolute atomic E-state index is 0.0334. The fraction of sp³-hybridized carbons (Fsp3) is 0. The second-order valence-electron chi connectivity index (χ2n) is 5.77. The molecule has 7 N–H and O–H groups in total. The Kier molecular flexibility index (Phi) is 5.78. The highest BCUT2D eigenvalue weighted by Gasteiger charge is 2.21. The van der Waals surface area contributed by atoms with E-state index < -0.39 is 17.4 Å². The zero-order valence-corrected chi connectivity index (χ0v) is 17.4. The number of carbonyl (C=O) groups excluding carboxylic acids is 1. The van der Waals surface area contributed by atoms with Gasteiger partial charge in [0.25, 0.3) is 5.91 Å². The van der Waals surface area contributed by atoms with Crippen molar-refractivity contribution in [3.63, 3.8) is 0 Å². The van der Waals surface area contributed by atoms with Crippen LogP contribution >= 0.6 is 31.9 Å². The lowest BCUT2D eigenvalue weighted by molar-refractivity contribution is -0.117. The standard InChI is InChI=1S/C19H15Br2N3O4/c20-14-16(25)11(17(26)15(21)18(14)27)8-13(19(28)24-22)23-12-7-3-5-9-4-1-2-6-10(9)12/h1-8,23,25-27H,22H2,(H,24,28). The van der Waals surface area contributed by atoms with Gasteiger partial charge >= 0.3 is 0 Å². The van der Waals surface area contributed by atoms with Gasteiger partial charge in [-0.05, 0) is 49.4 Å². The lowest BCUT2D eigenvalue weighted by Crippen LogP contribution is -2.33. The topological polar surface area (TPSA) is 128 Å². The van der Waals surface area contributed by atoms with Crippen LogP contribution in [0, 0.1) is 0 Å². The Hall–Kier alpha value is -2.75. The maximum absolute atomic E-state index is 12.3. The van der Waals surface area contributed by atoms with E-state index in [0.29, 0.717) is 5.69 Å². The molecule has 0 fully saturated rings. The zero-order valence-electron chi connectivity index (χ0n) is 14.2. The number of halogens is 2. The van der Waals surface area contributed by atoms with Gasteiger partial charge in [-0.1, -0.05) is 36.4 Å². The summed E-state index contributed by atoms with van der Waals surface area (Å²) in [4.78, 5) is 12.3. The minimum Gasteiger partial charge on any atom is -0.506 e. The van der Waals surface area contributed by atoms with Crippen molar-refractivity contribution in [3.8, 4) is 17.2 Å². The molecule has 144 valence electrons. The van der Waals surface area contributed by atoms with Crippen LogP contribution in [-0.4, -0.2) is 21.2 Å². The molecule has 0 spiro atoms. The summed E-state index contributed by atoms with van der Waals surface area (Å²) in [6.07, 6.45) is 1.23. The number of rotatable bonds is 4. The first-order valence-corrected chi connectivity index (χ1v) is 9.53. The third-order valence-corrected chi connectivity index (χ3v) is 5.57. The van der Waals surface area contributed by atoms with E-state index in [1.807, 2.05) is 41.8 Å². The third-order valence-electron chi connectivity index (χ3n) is 4.07. The average Bonchev–Trinajstić information content (AvgIpc) is 2.72. The maximum Gasteiger partial charge on any atom is 0.281 e. The number of hydrogen-bond donors (Lipinski definition) is 6.